The number of ether oxygens (including phenoxy) is 1. The van der Waals surface area contributed by atoms with Gasteiger partial charge in [-0.2, -0.15) is 0 Å². The second kappa shape index (κ2) is 7.10. The van der Waals surface area contributed by atoms with Crippen LogP contribution in [-0.4, -0.2) is 75.4 Å². The fourth-order valence-electron chi connectivity index (χ4n) is 1.70. The molecule has 0 N–H and O–H groups in total. The predicted octanol–water partition coefficient (Wildman–Crippen LogP) is 1.50. The first kappa shape index (κ1) is 17.4. The van der Waals surface area contributed by atoms with Crippen molar-refractivity contribution >= 4 is 5.97 Å². The third kappa shape index (κ3) is 7.67. The maximum atomic E-state index is 11.8. The summed E-state index contributed by atoms with van der Waals surface area (Å²) in [4.78, 5) is 11.8. The molecule has 0 heterocycles. The van der Waals surface area contributed by atoms with Crippen LogP contribution in [0.2, 0.25) is 0 Å². The maximum Gasteiger partial charge on any atom is 0.311 e. The van der Waals surface area contributed by atoms with Gasteiger partial charge in [0.15, 0.2) is 0 Å². The Hall–Kier alpha value is -0.610. The van der Waals surface area contributed by atoms with E-state index in [1.165, 1.54) is 0 Å². The Morgan fingerprint density at radius 1 is 1.06 bits per heavy atom. The summed E-state index contributed by atoms with van der Waals surface area (Å²) < 4.78 is 7.20. The Kier molecular flexibility index (Phi) is 6.86. The number of likely N-dealkylation sites (N-methyl/N-ethyl adjacent to an activating group) is 1. The van der Waals surface area contributed by atoms with Gasteiger partial charge in [0.25, 0.3) is 0 Å². The summed E-state index contributed by atoms with van der Waals surface area (Å²) in [6.45, 7) is 10.0. The Morgan fingerprint density at radius 3 is 2.00 bits per heavy atom. The molecule has 0 amide bonds. The van der Waals surface area contributed by atoms with Crippen molar-refractivity contribution in [3.63, 3.8) is 0 Å². The normalized spacial score (nSPS) is 14.4. The highest BCUT2D eigenvalue weighted by Gasteiger charge is 2.21. The lowest BCUT2D eigenvalue weighted by Gasteiger charge is -2.31. The quantitative estimate of drug-likeness (QED) is 0.488. The van der Waals surface area contributed by atoms with E-state index >= 15 is 0 Å². The van der Waals surface area contributed by atoms with Crippen LogP contribution in [0.3, 0.4) is 0 Å². The lowest BCUT2D eigenvalue weighted by atomic mass is 10.3. The molecule has 0 spiro atoms. The molecule has 0 aromatic carbocycles. The molecule has 0 radical (unpaired) electrons. The van der Waals surface area contributed by atoms with Gasteiger partial charge in [0.05, 0.1) is 54.2 Å². The molecule has 0 fully saturated rings. The number of nitrogens with zero attached hydrogens (tertiary/aromatic N) is 2. The summed E-state index contributed by atoms with van der Waals surface area (Å²) in [6, 6.07) is 0. The summed E-state index contributed by atoms with van der Waals surface area (Å²) in [7, 11) is 8.57. The Bertz CT molecular complexity index is 263. The van der Waals surface area contributed by atoms with E-state index in [1.54, 1.807) is 0 Å². The minimum atomic E-state index is -0.0711. The molecule has 0 aromatic heterocycles. The van der Waals surface area contributed by atoms with E-state index in [9.17, 15) is 4.79 Å². The predicted molar refractivity (Wildman–Crippen MR) is 75.2 cm³/mol. The molecule has 18 heavy (non-hydrogen) atoms. The molecule has 0 bridgehead atoms. The highest BCUT2D eigenvalue weighted by atomic mass is 16.5. The van der Waals surface area contributed by atoms with Gasteiger partial charge in [-0.1, -0.05) is 0 Å². The van der Waals surface area contributed by atoms with Crippen molar-refractivity contribution in [1.29, 1.82) is 0 Å². The third-order valence-corrected chi connectivity index (χ3v) is 3.72. The van der Waals surface area contributed by atoms with Gasteiger partial charge >= 0.3 is 5.97 Å². The molecule has 0 aromatic rings. The van der Waals surface area contributed by atoms with Crippen LogP contribution in [0, 0.1) is 0 Å². The number of rotatable bonds is 8. The highest BCUT2D eigenvalue weighted by molar-refractivity contribution is 5.69. The maximum absolute atomic E-state index is 11.8. The number of esters is 1. The van der Waals surface area contributed by atoms with Crippen LogP contribution in [0.1, 0.15) is 27.2 Å². The van der Waals surface area contributed by atoms with Gasteiger partial charge in [0, 0.05) is 0 Å². The van der Waals surface area contributed by atoms with E-state index in [-0.39, 0.29) is 12.1 Å². The van der Waals surface area contributed by atoms with Crippen LogP contribution in [0.15, 0.2) is 0 Å². The van der Waals surface area contributed by atoms with Gasteiger partial charge in [0.1, 0.15) is 12.6 Å². The number of hydrogen-bond acceptors (Lipinski definition) is 2. The van der Waals surface area contributed by atoms with Gasteiger partial charge in [-0.25, -0.2) is 0 Å². The van der Waals surface area contributed by atoms with Crippen molar-refractivity contribution in [2.75, 3.05) is 54.4 Å². The second-order valence-corrected chi connectivity index (χ2v) is 6.46. The topological polar surface area (TPSA) is 26.3 Å². The molecule has 0 rings (SSSR count). The van der Waals surface area contributed by atoms with Gasteiger partial charge in [-0.15, -0.1) is 0 Å². The zero-order chi connectivity index (χ0) is 14.4. The van der Waals surface area contributed by atoms with Crippen LogP contribution >= 0.6 is 0 Å². The summed E-state index contributed by atoms with van der Waals surface area (Å²) in [5.41, 5.74) is 0. The molecule has 1 unspecified atom stereocenters. The minimum Gasteiger partial charge on any atom is -0.456 e. The molecule has 0 aliphatic rings. The number of carbonyl (C=O) groups excluding carboxylic acids is 1. The highest BCUT2D eigenvalue weighted by Crippen LogP contribution is 2.05. The van der Waals surface area contributed by atoms with Crippen molar-refractivity contribution in [1.82, 2.24) is 0 Å². The fourth-order valence-corrected chi connectivity index (χ4v) is 1.70. The molecule has 1 atom stereocenters. The van der Waals surface area contributed by atoms with Gasteiger partial charge in [0.2, 0.25) is 0 Å². The van der Waals surface area contributed by atoms with Crippen molar-refractivity contribution in [2.24, 2.45) is 0 Å². The third-order valence-electron chi connectivity index (χ3n) is 3.72. The summed E-state index contributed by atoms with van der Waals surface area (Å²) in [5, 5.41) is 0. The molecule has 4 heteroatoms. The fraction of sp³-hybridized carbons (Fsp3) is 0.929. The summed E-state index contributed by atoms with van der Waals surface area (Å²) >= 11 is 0. The van der Waals surface area contributed by atoms with E-state index in [2.05, 4.69) is 42.0 Å². The van der Waals surface area contributed by atoms with Gasteiger partial charge < -0.3 is 13.7 Å². The smallest absolute Gasteiger partial charge is 0.311 e. The molecule has 108 valence electrons. The van der Waals surface area contributed by atoms with Crippen LogP contribution in [0.5, 0.6) is 0 Å². The Balaban J connectivity index is 4.02. The zero-order valence-corrected chi connectivity index (χ0v) is 13.3. The molecule has 0 aliphatic heterocycles. The average molecular weight is 260 g/mol. The van der Waals surface area contributed by atoms with Crippen LogP contribution in [-0.2, 0) is 9.53 Å². The molecular formula is C14H32N2O2+2. The molecular weight excluding hydrogens is 228 g/mol. The zero-order valence-electron chi connectivity index (χ0n) is 13.3. The molecule has 4 nitrogen and oxygen atoms in total. The van der Waals surface area contributed by atoms with Gasteiger partial charge in [-0.3, -0.25) is 4.79 Å². The van der Waals surface area contributed by atoms with E-state index in [0.29, 0.717) is 6.42 Å². The first-order valence-electron chi connectivity index (χ1n) is 6.95. The Morgan fingerprint density at radius 2 is 1.56 bits per heavy atom. The average Bonchev–Trinajstić information content (AvgIpc) is 2.26. The van der Waals surface area contributed by atoms with Crippen molar-refractivity contribution < 1.29 is 18.5 Å². The second-order valence-electron chi connectivity index (χ2n) is 6.46. The Labute approximate surface area is 113 Å². The SMILES string of the molecule is CC[N+](C)(C)CCC(=O)OC(C)C[N+](C)(C)CC. The van der Waals surface area contributed by atoms with Crippen molar-refractivity contribution in [2.45, 2.75) is 33.3 Å². The largest absolute Gasteiger partial charge is 0.456 e. The molecule has 0 saturated heterocycles. The van der Waals surface area contributed by atoms with Crippen LogP contribution in [0.25, 0.3) is 0 Å². The van der Waals surface area contributed by atoms with Crippen molar-refractivity contribution in [3.8, 4) is 0 Å². The van der Waals surface area contributed by atoms with E-state index in [4.69, 9.17) is 4.74 Å². The lowest BCUT2D eigenvalue weighted by molar-refractivity contribution is -0.891. The van der Waals surface area contributed by atoms with Crippen LogP contribution < -0.4 is 0 Å². The molecule has 0 aliphatic carbocycles. The summed E-state index contributed by atoms with van der Waals surface area (Å²) in [6.07, 6.45) is 0.495. The van der Waals surface area contributed by atoms with E-state index < -0.39 is 0 Å². The van der Waals surface area contributed by atoms with Crippen molar-refractivity contribution in [3.05, 3.63) is 0 Å². The number of hydrogen-bond donors (Lipinski definition) is 0. The van der Waals surface area contributed by atoms with E-state index in [0.717, 1.165) is 35.1 Å². The standard InChI is InChI=1S/C14H32N2O2/c1-8-15(4,5)11-10-14(17)18-13(3)12-16(6,7)9-2/h13H,8-12H2,1-7H3/q+2. The van der Waals surface area contributed by atoms with Gasteiger partial charge in [-0.05, 0) is 20.8 Å². The first-order valence-corrected chi connectivity index (χ1v) is 6.95. The monoisotopic (exact) mass is 260 g/mol. The van der Waals surface area contributed by atoms with E-state index in [1.807, 2.05) is 6.92 Å². The number of quaternary nitrogens is 2. The minimum absolute atomic E-state index is 0.00955. The number of carbonyl (C=O) groups is 1. The lowest BCUT2D eigenvalue weighted by Crippen LogP contribution is -2.46. The summed E-state index contributed by atoms with van der Waals surface area (Å²) in [5.74, 6) is -0.0711. The van der Waals surface area contributed by atoms with Crippen LogP contribution in [0.4, 0.5) is 0 Å². The first-order chi connectivity index (χ1) is 8.12. The molecule has 0 saturated carbocycles.